The maximum absolute atomic E-state index is 12.8. The first-order valence-corrected chi connectivity index (χ1v) is 9.77. The summed E-state index contributed by atoms with van der Waals surface area (Å²) >= 11 is 6.43. The molecule has 1 aromatic carbocycles. The Bertz CT molecular complexity index is 1010. The number of carbonyl (C=O) groups is 1. The molecule has 1 aliphatic heterocycles. The molecule has 1 fully saturated rings. The van der Waals surface area contributed by atoms with Crippen LogP contribution >= 0.6 is 11.6 Å². The molecule has 0 bridgehead atoms. The Kier molecular flexibility index (Phi) is 4.93. The van der Waals surface area contributed by atoms with Crippen LogP contribution in [-0.2, 0) is 0 Å². The van der Waals surface area contributed by atoms with E-state index in [0.717, 1.165) is 30.9 Å². The fraction of sp³-hybridized carbons (Fsp3) is 0.400. The van der Waals surface area contributed by atoms with E-state index in [1.165, 1.54) is 6.42 Å². The molecule has 0 unspecified atom stereocenters. The largest absolute Gasteiger partial charge is 0.420 e. The Morgan fingerprint density at radius 3 is 2.61 bits per heavy atom. The van der Waals surface area contributed by atoms with Gasteiger partial charge in [-0.25, -0.2) is 4.68 Å². The molecule has 3 aromatic rings. The van der Waals surface area contributed by atoms with E-state index in [0.29, 0.717) is 28.1 Å². The summed E-state index contributed by atoms with van der Waals surface area (Å²) in [7, 11) is 0. The van der Waals surface area contributed by atoms with E-state index in [4.69, 9.17) is 16.0 Å². The number of hydrogen-bond acceptors (Lipinski definition) is 5. The van der Waals surface area contributed by atoms with Gasteiger partial charge in [-0.15, -0.1) is 10.2 Å². The van der Waals surface area contributed by atoms with Crippen LogP contribution in [0.2, 0.25) is 5.02 Å². The van der Waals surface area contributed by atoms with Gasteiger partial charge in [-0.1, -0.05) is 18.5 Å². The molecule has 1 aliphatic rings. The second-order valence-corrected chi connectivity index (χ2v) is 7.71. The van der Waals surface area contributed by atoms with Crippen molar-refractivity contribution in [3.8, 4) is 17.3 Å². The average molecular weight is 400 g/mol. The summed E-state index contributed by atoms with van der Waals surface area (Å²) in [5.74, 6) is 1.37. The summed E-state index contributed by atoms with van der Waals surface area (Å²) < 4.78 is 7.16. The van der Waals surface area contributed by atoms with Gasteiger partial charge < -0.3 is 9.32 Å². The number of nitrogens with zero attached hydrogens (tertiary/aromatic N) is 5. The van der Waals surface area contributed by atoms with Gasteiger partial charge in [-0.2, -0.15) is 5.10 Å². The van der Waals surface area contributed by atoms with E-state index < -0.39 is 0 Å². The minimum atomic E-state index is 0.0790. The van der Waals surface area contributed by atoms with Crippen molar-refractivity contribution in [2.24, 2.45) is 5.92 Å². The number of benzene rings is 1. The molecule has 1 atom stereocenters. The van der Waals surface area contributed by atoms with Crippen molar-refractivity contribution in [1.29, 1.82) is 0 Å². The number of aromatic nitrogens is 4. The second kappa shape index (κ2) is 7.39. The smallest absolute Gasteiger partial charge is 0.269 e. The van der Waals surface area contributed by atoms with Crippen LogP contribution in [0.1, 0.15) is 41.7 Å². The van der Waals surface area contributed by atoms with Crippen molar-refractivity contribution in [2.75, 3.05) is 13.1 Å². The molecule has 0 spiro atoms. The third-order valence-corrected chi connectivity index (χ3v) is 5.53. The molecular weight excluding hydrogens is 378 g/mol. The van der Waals surface area contributed by atoms with Crippen molar-refractivity contribution in [2.45, 2.75) is 33.6 Å². The molecule has 1 saturated heterocycles. The van der Waals surface area contributed by atoms with Gasteiger partial charge in [-0.3, -0.25) is 4.79 Å². The highest BCUT2D eigenvalue weighted by atomic mass is 35.5. The molecule has 7 nitrogen and oxygen atoms in total. The Hall–Kier alpha value is -2.67. The highest BCUT2D eigenvalue weighted by Gasteiger charge is 2.23. The second-order valence-electron chi connectivity index (χ2n) is 7.33. The van der Waals surface area contributed by atoms with Crippen LogP contribution in [0.25, 0.3) is 17.3 Å². The molecule has 0 aliphatic carbocycles. The summed E-state index contributed by atoms with van der Waals surface area (Å²) in [6, 6.07) is 7.42. The van der Waals surface area contributed by atoms with Crippen LogP contribution in [-0.4, -0.2) is 43.9 Å². The van der Waals surface area contributed by atoms with Crippen LogP contribution in [0.3, 0.4) is 0 Å². The summed E-state index contributed by atoms with van der Waals surface area (Å²) in [5.41, 5.74) is 2.70. The molecule has 4 rings (SSSR count). The number of likely N-dealkylation sites (tertiary alicyclic amines) is 1. The molecule has 1 amide bonds. The van der Waals surface area contributed by atoms with Gasteiger partial charge >= 0.3 is 0 Å². The standard InChI is InChI=1S/C20H22ClN5O2/c1-12-5-4-10-25(11-12)20(27)15-6-8-16(9-7-15)26-13(2)17(21)18(24-26)19-23-22-14(3)28-19/h6-9,12H,4-5,10-11H2,1-3H3/t12-/m0/s1. The Morgan fingerprint density at radius 2 is 1.96 bits per heavy atom. The van der Waals surface area contributed by atoms with Crippen LogP contribution in [0.5, 0.6) is 0 Å². The lowest BCUT2D eigenvalue weighted by molar-refractivity contribution is 0.0683. The van der Waals surface area contributed by atoms with Crippen LogP contribution < -0.4 is 0 Å². The zero-order chi connectivity index (χ0) is 19.8. The van der Waals surface area contributed by atoms with Gasteiger partial charge in [0.25, 0.3) is 11.8 Å². The van der Waals surface area contributed by atoms with E-state index in [9.17, 15) is 4.79 Å². The Morgan fingerprint density at radius 1 is 1.21 bits per heavy atom. The van der Waals surface area contributed by atoms with Gasteiger partial charge in [0.2, 0.25) is 5.89 Å². The Labute approximate surface area is 168 Å². The van der Waals surface area contributed by atoms with Crippen molar-refractivity contribution >= 4 is 17.5 Å². The van der Waals surface area contributed by atoms with Crippen LogP contribution in [0, 0.1) is 19.8 Å². The van der Waals surface area contributed by atoms with Crippen LogP contribution in [0.15, 0.2) is 28.7 Å². The number of halogens is 1. The van der Waals surface area contributed by atoms with E-state index >= 15 is 0 Å². The third kappa shape index (κ3) is 3.42. The van der Waals surface area contributed by atoms with Gasteiger partial charge in [0.1, 0.15) is 0 Å². The topological polar surface area (TPSA) is 77.1 Å². The molecule has 2 aromatic heterocycles. The minimum absolute atomic E-state index is 0.0790. The molecule has 0 radical (unpaired) electrons. The fourth-order valence-corrected chi connectivity index (χ4v) is 3.76. The predicted molar refractivity (Wildman–Crippen MR) is 106 cm³/mol. The van der Waals surface area contributed by atoms with E-state index in [1.54, 1.807) is 11.6 Å². The lowest BCUT2D eigenvalue weighted by Gasteiger charge is -2.31. The number of aryl methyl sites for hydroxylation is 1. The first kappa shape index (κ1) is 18.7. The van der Waals surface area contributed by atoms with Gasteiger partial charge in [0.15, 0.2) is 5.69 Å². The predicted octanol–water partition coefficient (Wildman–Crippen LogP) is 4.06. The number of carbonyl (C=O) groups excluding carboxylic acids is 1. The number of piperidine rings is 1. The minimum Gasteiger partial charge on any atom is -0.420 e. The third-order valence-electron chi connectivity index (χ3n) is 5.07. The zero-order valence-corrected chi connectivity index (χ0v) is 16.9. The molecular formula is C20H22ClN5O2. The fourth-order valence-electron chi connectivity index (χ4n) is 3.57. The highest BCUT2D eigenvalue weighted by molar-refractivity contribution is 6.33. The molecule has 28 heavy (non-hydrogen) atoms. The molecule has 8 heteroatoms. The van der Waals surface area contributed by atoms with Gasteiger partial charge in [-0.05, 0) is 49.9 Å². The highest BCUT2D eigenvalue weighted by Crippen LogP contribution is 2.30. The number of amides is 1. The normalized spacial score (nSPS) is 17.1. The first-order valence-electron chi connectivity index (χ1n) is 9.39. The van der Waals surface area contributed by atoms with E-state index in [-0.39, 0.29) is 11.8 Å². The van der Waals surface area contributed by atoms with E-state index in [2.05, 4.69) is 22.2 Å². The summed E-state index contributed by atoms with van der Waals surface area (Å²) in [4.78, 5) is 14.7. The van der Waals surface area contributed by atoms with Crippen molar-refractivity contribution in [1.82, 2.24) is 24.9 Å². The number of rotatable bonds is 3. The van der Waals surface area contributed by atoms with E-state index in [1.807, 2.05) is 36.1 Å². The molecule has 0 N–H and O–H groups in total. The van der Waals surface area contributed by atoms with Gasteiger partial charge in [0, 0.05) is 25.6 Å². The monoisotopic (exact) mass is 399 g/mol. The lowest BCUT2D eigenvalue weighted by Crippen LogP contribution is -2.39. The SMILES string of the molecule is Cc1nnc(-c2nn(-c3ccc(C(=O)N4CCC[C@H](C)C4)cc3)c(C)c2Cl)o1. The number of hydrogen-bond donors (Lipinski definition) is 0. The van der Waals surface area contributed by atoms with Crippen LogP contribution in [0.4, 0.5) is 0 Å². The average Bonchev–Trinajstić information content (AvgIpc) is 3.25. The van der Waals surface area contributed by atoms with Crippen molar-refractivity contribution in [3.63, 3.8) is 0 Å². The van der Waals surface area contributed by atoms with Gasteiger partial charge in [0.05, 0.1) is 16.4 Å². The molecule has 3 heterocycles. The first-order chi connectivity index (χ1) is 13.4. The lowest BCUT2D eigenvalue weighted by atomic mass is 9.99. The van der Waals surface area contributed by atoms with Crippen molar-refractivity contribution < 1.29 is 9.21 Å². The maximum Gasteiger partial charge on any atom is 0.269 e. The molecule has 146 valence electrons. The summed E-state index contributed by atoms with van der Waals surface area (Å²) in [6.45, 7) is 7.42. The summed E-state index contributed by atoms with van der Waals surface area (Å²) in [6.07, 6.45) is 2.25. The molecule has 0 saturated carbocycles. The quantitative estimate of drug-likeness (QED) is 0.663. The summed E-state index contributed by atoms with van der Waals surface area (Å²) in [5, 5.41) is 12.8. The Balaban J connectivity index is 1.60. The zero-order valence-electron chi connectivity index (χ0n) is 16.1. The maximum atomic E-state index is 12.8. The van der Waals surface area contributed by atoms with Crippen molar-refractivity contribution in [3.05, 3.63) is 46.4 Å².